The first kappa shape index (κ1) is 25.6. The van der Waals surface area contributed by atoms with Crippen molar-refractivity contribution in [2.75, 3.05) is 0 Å². The second kappa shape index (κ2) is 10.4. The van der Waals surface area contributed by atoms with E-state index in [0.29, 0.717) is 34.2 Å². The molecule has 0 N–H and O–H groups in total. The lowest BCUT2D eigenvalue weighted by Crippen LogP contribution is -2.20. The summed E-state index contributed by atoms with van der Waals surface area (Å²) in [6.45, 7) is 3.70. The molecule has 11 heteroatoms. The molecule has 0 saturated carbocycles. The van der Waals surface area contributed by atoms with Crippen LogP contribution in [-0.2, 0) is 0 Å². The number of hydrogen-bond donors (Lipinski definition) is 0. The SMILES string of the molecule is CC[C@@H](C)Oc1c(Cl)cc(C=Nn2c(-c3cc4cc(Br)ccc4o3)nc3ccccc3c2=O)cc1[N+](=O)[O-]. The Labute approximate surface area is 229 Å². The van der Waals surface area contributed by atoms with Gasteiger partial charge in [-0.3, -0.25) is 14.9 Å². The molecule has 0 amide bonds. The number of benzene rings is 3. The predicted octanol–water partition coefficient (Wildman–Crippen LogP) is 7.19. The number of furan rings is 1. The van der Waals surface area contributed by atoms with Gasteiger partial charge in [-0.15, -0.1) is 0 Å². The highest BCUT2D eigenvalue weighted by Gasteiger charge is 2.22. The van der Waals surface area contributed by atoms with Crippen molar-refractivity contribution in [1.82, 2.24) is 9.66 Å². The van der Waals surface area contributed by atoms with Gasteiger partial charge in [0, 0.05) is 21.5 Å². The minimum absolute atomic E-state index is 0.0122. The van der Waals surface area contributed by atoms with Crippen LogP contribution >= 0.6 is 27.5 Å². The number of ether oxygens (including phenoxy) is 1. The lowest BCUT2D eigenvalue weighted by Gasteiger charge is -2.14. The average Bonchev–Trinajstić information content (AvgIpc) is 3.32. The molecule has 0 unspecified atom stereocenters. The summed E-state index contributed by atoms with van der Waals surface area (Å²) in [4.78, 5) is 29.3. The van der Waals surface area contributed by atoms with Gasteiger partial charge in [0.25, 0.3) is 5.56 Å². The second-order valence-corrected chi connectivity index (χ2v) is 9.87. The molecule has 0 aliphatic carbocycles. The number of nitro groups is 1. The van der Waals surface area contributed by atoms with Crippen molar-refractivity contribution < 1.29 is 14.1 Å². The molecule has 0 aliphatic heterocycles. The van der Waals surface area contributed by atoms with Gasteiger partial charge in [0.1, 0.15) is 5.58 Å². The number of aromatic nitrogens is 2. The molecule has 2 heterocycles. The largest absolute Gasteiger partial charge is 0.483 e. The van der Waals surface area contributed by atoms with Gasteiger partial charge in [0.15, 0.2) is 5.76 Å². The average molecular weight is 596 g/mol. The smallest absolute Gasteiger partial charge is 0.313 e. The number of rotatable bonds is 7. The first-order chi connectivity index (χ1) is 18.2. The fourth-order valence-electron chi connectivity index (χ4n) is 3.85. The normalized spacial score (nSPS) is 12.4. The van der Waals surface area contributed by atoms with Crippen molar-refractivity contribution in [1.29, 1.82) is 0 Å². The van der Waals surface area contributed by atoms with Crippen LogP contribution in [0, 0.1) is 10.1 Å². The van der Waals surface area contributed by atoms with Gasteiger partial charge < -0.3 is 9.15 Å². The van der Waals surface area contributed by atoms with E-state index >= 15 is 0 Å². The van der Waals surface area contributed by atoms with Crippen LogP contribution in [0.1, 0.15) is 25.8 Å². The van der Waals surface area contributed by atoms with Crippen LogP contribution in [0.25, 0.3) is 33.5 Å². The Morgan fingerprint density at radius 3 is 2.79 bits per heavy atom. The van der Waals surface area contributed by atoms with Crippen LogP contribution < -0.4 is 10.3 Å². The van der Waals surface area contributed by atoms with E-state index in [1.807, 2.05) is 19.1 Å². The maximum Gasteiger partial charge on any atom is 0.313 e. The van der Waals surface area contributed by atoms with E-state index in [9.17, 15) is 14.9 Å². The summed E-state index contributed by atoms with van der Waals surface area (Å²) in [7, 11) is 0. The molecule has 9 nitrogen and oxygen atoms in total. The fraction of sp³-hybridized carbons (Fsp3) is 0.148. The third-order valence-electron chi connectivity index (χ3n) is 5.91. The molecular weight excluding hydrogens is 576 g/mol. The third kappa shape index (κ3) is 4.92. The van der Waals surface area contributed by atoms with Crippen LogP contribution in [0.4, 0.5) is 5.69 Å². The second-order valence-electron chi connectivity index (χ2n) is 8.55. The van der Waals surface area contributed by atoms with E-state index < -0.39 is 10.5 Å². The zero-order chi connectivity index (χ0) is 27.0. The highest BCUT2D eigenvalue weighted by atomic mass is 79.9. The summed E-state index contributed by atoms with van der Waals surface area (Å²) < 4.78 is 13.7. The highest BCUT2D eigenvalue weighted by Crippen LogP contribution is 2.37. The zero-order valence-corrected chi connectivity index (χ0v) is 22.6. The van der Waals surface area contributed by atoms with E-state index in [1.165, 1.54) is 18.3 Å². The Morgan fingerprint density at radius 1 is 1.24 bits per heavy atom. The molecule has 38 heavy (non-hydrogen) atoms. The minimum Gasteiger partial charge on any atom is -0.483 e. The minimum atomic E-state index is -0.567. The molecule has 3 aromatic carbocycles. The van der Waals surface area contributed by atoms with Gasteiger partial charge in [-0.05, 0) is 55.8 Å². The van der Waals surface area contributed by atoms with Crippen LogP contribution in [0.3, 0.4) is 0 Å². The monoisotopic (exact) mass is 594 g/mol. The van der Waals surface area contributed by atoms with Crippen molar-refractivity contribution in [3.8, 4) is 17.3 Å². The Kier molecular flexibility index (Phi) is 7.00. The van der Waals surface area contributed by atoms with Crippen molar-refractivity contribution in [2.24, 2.45) is 5.10 Å². The molecule has 2 aromatic heterocycles. The van der Waals surface area contributed by atoms with Crippen molar-refractivity contribution in [2.45, 2.75) is 26.4 Å². The van der Waals surface area contributed by atoms with E-state index in [4.69, 9.17) is 20.8 Å². The lowest BCUT2D eigenvalue weighted by atomic mass is 10.2. The maximum absolute atomic E-state index is 13.5. The standard InChI is InChI=1S/C27H20BrClN4O5/c1-3-15(2)37-25-20(29)10-16(11-22(25)33(35)36)14-30-32-26(31-21-7-5-4-6-19(21)27(32)34)24-13-17-12-18(28)8-9-23(17)38-24/h4-15H,3H2,1-2H3/t15-/m1/s1. The Morgan fingerprint density at radius 2 is 2.03 bits per heavy atom. The van der Waals surface area contributed by atoms with Gasteiger partial charge in [-0.1, -0.05) is 46.6 Å². The first-order valence-electron chi connectivity index (χ1n) is 11.7. The summed E-state index contributed by atoms with van der Waals surface area (Å²) in [6, 6.07) is 17.0. The van der Waals surface area contributed by atoms with Crippen LogP contribution in [0.2, 0.25) is 5.02 Å². The molecule has 0 aliphatic rings. The number of nitrogens with zero attached hydrogens (tertiary/aromatic N) is 4. The summed E-state index contributed by atoms with van der Waals surface area (Å²) in [5.74, 6) is 0.496. The molecule has 0 bridgehead atoms. The fourth-order valence-corrected chi connectivity index (χ4v) is 4.50. The van der Waals surface area contributed by atoms with Gasteiger partial charge >= 0.3 is 5.69 Å². The van der Waals surface area contributed by atoms with Crippen molar-refractivity contribution in [3.63, 3.8) is 0 Å². The topological polar surface area (TPSA) is 113 Å². The van der Waals surface area contributed by atoms with Gasteiger partial charge in [-0.2, -0.15) is 9.78 Å². The number of para-hydroxylation sites is 1. The molecule has 0 spiro atoms. The first-order valence-corrected chi connectivity index (χ1v) is 12.8. The Hall–Kier alpha value is -4.02. The van der Waals surface area contributed by atoms with Crippen LogP contribution in [0.5, 0.6) is 5.75 Å². The molecule has 5 aromatic rings. The molecule has 1 atom stereocenters. The molecular formula is C27H20BrClN4O5. The van der Waals surface area contributed by atoms with Crippen LogP contribution in [0.15, 0.2) is 79.4 Å². The number of fused-ring (bicyclic) bond motifs is 2. The summed E-state index contributed by atoms with van der Waals surface area (Å²) in [5.41, 5.74) is 0.663. The molecule has 0 saturated heterocycles. The van der Waals surface area contributed by atoms with Crippen molar-refractivity contribution >= 4 is 61.3 Å². The van der Waals surface area contributed by atoms with E-state index in [-0.39, 0.29) is 28.4 Å². The van der Waals surface area contributed by atoms with E-state index in [2.05, 4.69) is 26.0 Å². The van der Waals surface area contributed by atoms with Crippen LogP contribution in [-0.4, -0.2) is 26.9 Å². The summed E-state index contributed by atoms with van der Waals surface area (Å²) >= 11 is 9.81. The Bertz CT molecular complexity index is 1800. The van der Waals surface area contributed by atoms with Crippen molar-refractivity contribution in [3.05, 3.63) is 96.2 Å². The van der Waals surface area contributed by atoms with Gasteiger partial charge in [-0.25, -0.2) is 4.98 Å². The van der Waals surface area contributed by atoms with E-state index in [1.54, 1.807) is 43.3 Å². The number of hydrogen-bond acceptors (Lipinski definition) is 7. The molecule has 5 rings (SSSR count). The summed E-state index contributed by atoms with van der Waals surface area (Å²) in [6.07, 6.45) is 1.70. The summed E-state index contributed by atoms with van der Waals surface area (Å²) in [5, 5.41) is 17.4. The quantitative estimate of drug-likeness (QED) is 0.112. The number of halogens is 2. The number of nitro benzene ring substituents is 1. The maximum atomic E-state index is 13.5. The zero-order valence-electron chi connectivity index (χ0n) is 20.2. The molecule has 0 radical (unpaired) electrons. The van der Waals surface area contributed by atoms with E-state index in [0.717, 1.165) is 14.5 Å². The molecule has 192 valence electrons. The lowest BCUT2D eigenvalue weighted by molar-refractivity contribution is -0.386. The highest BCUT2D eigenvalue weighted by molar-refractivity contribution is 9.10. The molecule has 0 fully saturated rings. The predicted molar refractivity (Wildman–Crippen MR) is 150 cm³/mol. The van der Waals surface area contributed by atoms with Gasteiger partial charge in [0.2, 0.25) is 11.6 Å². The Balaban J connectivity index is 1.66. The van der Waals surface area contributed by atoms with Gasteiger partial charge in [0.05, 0.1) is 33.2 Å². The third-order valence-corrected chi connectivity index (χ3v) is 6.69.